The van der Waals surface area contributed by atoms with E-state index < -0.39 is 10.7 Å². The highest BCUT2D eigenvalue weighted by Crippen LogP contribution is 2.28. The standard InChI is InChI=1S/C13H17FN2O3/c14-11-4-5-13(16(18)19)10(8-11)9-15(6-7-17)12-2-1-3-12/h4-5,8,12,17H,1-3,6-7,9H2. The lowest BCUT2D eigenvalue weighted by atomic mass is 9.91. The highest BCUT2D eigenvalue weighted by Gasteiger charge is 2.26. The Balaban J connectivity index is 2.19. The Kier molecular flexibility index (Phi) is 4.44. The molecule has 1 fully saturated rings. The van der Waals surface area contributed by atoms with E-state index in [1.54, 1.807) is 0 Å². The number of hydrogen-bond acceptors (Lipinski definition) is 4. The fraction of sp³-hybridized carbons (Fsp3) is 0.538. The lowest BCUT2D eigenvalue weighted by Gasteiger charge is -2.37. The highest BCUT2D eigenvalue weighted by molar-refractivity contribution is 5.40. The van der Waals surface area contributed by atoms with E-state index >= 15 is 0 Å². The Hall–Kier alpha value is -1.53. The first-order valence-corrected chi connectivity index (χ1v) is 6.39. The Labute approximate surface area is 110 Å². The van der Waals surface area contributed by atoms with Gasteiger partial charge in [0.25, 0.3) is 5.69 Å². The average Bonchev–Trinajstić information content (AvgIpc) is 2.26. The second kappa shape index (κ2) is 6.08. The molecule has 0 amide bonds. The molecule has 0 saturated heterocycles. The molecule has 1 N–H and O–H groups in total. The third kappa shape index (κ3) is 3.27. The van der Waals surface area contributed by atoms with Gasteiger partial charge in [-0.15, -0.1) is 0 Å². The molecule has 0 heterocycles. The number of hydrogen-bond donors (Lipinski definition) is 1. The van der Waals surface area contributed by atoms with Crippen LogP contribution in [0.1, 0.15) is 24.8 Å². The van der Waals surface area contributed by atoms with Gasteiger partial charge in [0.15, 0.2) is 0 Å². The van der Waals surface area contributed by atoms with E-state index in [4.69, 9.17) is 5.11 Å². The summed E-state index contributed by atoms with van der Waals surface area (Å²) >= 11 is 0. The monoisotopic (exact) mass is 268 g/mol. The van der Waals surface area contributed by atoms with Crippen LogP contribution >= 0.6 is 0 Å². The van der Waals surface area contributed by atoms with Crippen LogP contribution in [-0.2, 0) is 6.54 Å². The zero-order valence-electron chi connectivity index (χ0n) is 10.6. The molecule has 1 aliphatic rings. The number of nitro benzene ring substituents is 1. The minimum atomic E-state index is -0.493. The number of aliphatic hydroxyl groups is 1. The molecular formula is C13H17FN2O3. The van der Waals surface area contributed by atoms with Gasteiger partial charge in [0.05, 0.1) is 11.5 Å². The zero-order chi connectivity index (χ0) is 13.8. The van der Waals surface area contributed by atoms with Crippen molar-refractivity contribution in [2.24, 2.45) is 0 Å². The van der Waals surface area contributed by atoms with Crippen LogP contribution in [0.3, 0.4) is 0 Å². The molecule has 0 atom stereocenters. The second-order valence-electron chi connectivity index (χ2n) is 4.81. The van der Waals surface area contributed by atoms with Crippen LogP contribution in [-0.4, -0.2) is 34.1 Å². The lowest BCUT2D eigenvalue weighted by molar-refractivity contribution is -0.385. The molecule has 0 aliphatic heterocycles. The van der Waals surface area contributed by atoms with Crippen LogP contribution < -0.4 is 0 Å². The summed E-state index contributed by atoms with van der Waals surface area (Å²) in [5, 5.41) is 20.0. The summed E-state index contributed by atoms with van der Waals surface area (Å²) in [7, 11) is 0. The van der Waals surface area contributed by atoms with Crippen LogP contribution in [0.5, 0.6) is 0 Å². The third-order valence-electron chi connectivity index (χ3n) is 3.59. The minimum Gasteiger partial charge on any atom is -0.395 e. The molecule has 6 heteroatoms. The highest BCUT2D eigenvalue weighted by atomic mass is 19.1. The smallest absolute Gasteiger partial charge is 0.274 e. The second-order valence-corrected chi connectivity index (χ2v) is 4.81. The molecule has 5 nitrogen and oxygen atoms in total. The fourth-order valence-corrected chi connectivity index (χ4v) is 2.35. The summed E-state index contributed by atoms with van der Waals surface area (Å²) in [5.74, 6) is -0.474. The fourth-order valence-electron chi connectivity index (χ4n) is 2.35. The SMILES string of the molecule is O=[N+]([O-])c1ccc(F)cc1CN(CCO)C1CCC1. The number of aliphatic hydroxyl groups excluding tert-OH is 1. The average molecular weight is 268 g/mol. The quantitative estimate of drug-likeness (QED) is 0.633. The van der Waals surface area contributed by atoms with Gasteiger partial charge in [-0.2, -0.15) is 0 Å². The number of rotatable bonds is 6. The van der Waals surface area contributed by atoms with E-state index in [9.17, 15) is 14.5 Å². The molecule has 1 aliphatic carbocycles. The molecule has 1 aromatic carbocycles. The Morgan fingerprint density at radius 3 is 2.74 bits per heavy atom. The Morgan fingerprint density at radius 2 is 2.21 bits per heavy atom. The van der Waals surface area contributed by atoms with Gasteiger partial charge >= 0.3 is 0 Å². The van der Waals surface area contributed by atoms with Crippen molar-refractivity contribution in [3.63, 3.8) is 0 Å². The maximum absolute atomic E-state index is 13.3. The summed E-state index contributed by atoms with van der Waals surface area (Å²) in [4.78, 5) is 12.4. The Bertz CT molecular complexity index is 463. The van der Waals surface area contributed by atoms with Gasteiger partial charge in [0.2, 0.25) is 0 Å². The number of nitrogens with zero attached hydrogens (tertiary/aromatic N) is 2. The largest absolute Gasteiger partial charge is 0.395 e. The van der Waals surface area contributed by atoms with E-state index in [1.807, 2.05) is 4.90 Å². The summed E-state index contributed by atoms with van der Waals surface area (Å²) in [6.45, 7) is 0.761. The van der Waals surface area contributed by atoms with Crippen molar-refractivity contribution < 1.29 is 14.4 Å². The normalized spacial score (nSPS) is 15.5. The molecule has 104 valence electrons. The summed E-state index contributed by atoms with van der Waals surface area (Å²) in [6.07, 6.45) is 3.20. The van der Waals surface area contributed by atoms with Crippen LogP contribution in [0.4, 0.5) is 10.1 Å². The maximum Gasteiger partial charge on any atom is 0.274 e. The van der Waals surface area contributed by atoms with Gasteiger partial charge in [-0.05, 0) is 25.0 Å². The lowest BCUT2D eigenvalue weighted by Crippen LogP contribution is -2.41. The first kappa shape index (κ1) is 13.9. The van der Waals surface area contributed by atoms with Crippen molar-refractivity contribution in [3.05, 3.63) is 39.7 Å². The Morgan fingerprint density at radius 1 is 1.47 bits per heavy atom. The molecule has 1 aromatic rings. The molecule has 19 heavy (non-hydrogen) atoms. The molecular weight excluding hydrogens is 251 g/mol. The van der Waals surface area contributed by atoms with Crippen molar-refractivity contribution in [3.8, 4) is 0 Å². The summed E-state index contributed by atoms with van der Waals surface area (Å²) in [5.41, 5.74) is 0.300. The van der Waals surface area contributed by atoms with Crippen LogP contribution in [0, 0.1) is 15.9 Å². The van der Waals surface area contributed by atoms with Gasteiger partial charge in [-0.1, -0.05) is 6.42 Å². The molecule has 0 bridgehead atoms. The zero-order valence-corrected chi connectivity index (χ0v) is 10.6. The molecule has 0 aromatic heterocycles. The molecule has 0 unspecified atom stereocenters. The van der Waals surface area contributed by atoms with Crippen molar-refractivity contribution in [2.45, 2.75) is 31.8 Å². The predicted octanol–water partition coefficient (Wildman–Crippen LogP) is 2.08. The molecule has 2 rings (SSSR count). The van der Waals surface area contributed by atoms with Crippen molar-refractivity contribution in [1.82, 2.24) is 4.90 Å². The topological polar surface area (TPSA) is 66.6 Å². The van der Waals surface area contributed by atoms with Crippen molar-refractivity contribution >= 4 is 5.69 Å². The third-order valence-corrected chi connectivity index (χ3v) is 3.59. The van der Waals surface area contributed by atoms with E-state index in [1.165, 1.54) is 12.1 Å². The van der Waals surface area contributed by atoms with Gasteiger partial charge in [0.1, 0.15) is 5.82 Å². The number of halogens is 1. The van der Waals surface area contributed by atoms with E-state index in [2.05, 4.69) is 0 Å². The molecule has 0 radical (unpaired) electrons. The predicted molar refractivity (Wildman–Crippen MR) is 68.2 cm³/mol. The number of nitro groups is 1. The van der Waals surface area contributed by atoms with E-state index in [0.29, 0.717) is 24.7 Å². The molecule has 0 spiro atoms. The summed E-state index contributed by atoms with van der Waals surface area (Å²) < 4.78 is 13.3. The van der Waals surface area contributed by atoms with Gasteiger partial charge < -0.3 is 5.11 Å². The number of benzene rings is 1. The van der Waals surface area contributed by atoms with Crippen LogP contribution in [0.2, 0.25) is 0 Å². The maximum atomic E-state index is 13.3. The molecule has 1 saturated carbocycles. The van der Waals surface area contributed by atoms with Gasteiger partial charge in [-0.25, -0.2) is 4.39 Å². The summed E-state index contributed by atoms with van der Waals surface area (Å²) in [6, 6.07) is 3.85. The van der Waals surface area contributed by atoms with Crippen molar-refractivity contribution in [2.75, 3.05) is 13.2 Å². The first-order chi connectivity index (χ1) is 9.11. The minimum absolute atomic E-state index is 0.000384. The first-order valence-electron chi connectivity index (χ1n) is 6.39. The van der Waals surface area contributed by atoms with Gasteiger partial charge in [0, 0.05) is 30.8 Å². The van der Waals surface area contributed by atoms with Gasteiger partial charge in [-0.3, -0.25) is 15.0 Å². The van der Waals surface area contributed by atoms with E-state index in [-0.39, 0.29) is 12.3 Å². The van der Waals surface area contributed by atoms with Crippen LogP contribution in [0.15, 0.2) is 18.2 Å². The van der Waals surface area contributed by atoms with Crippen LogP contribution in [0.25, 0.3) is 0 Å². The van der Waals surface area contributed by atoms with E-state index in [0.717, 1.165) is 25.3 Å². The van der Waals surface area contributed by atoms with Crippen molar-refractivity contribution in [1.29, 1.82) is 0 Å².